The number of aromatic amines is 1. The Morgan fingerprint density at radius 1 is 1.20 bits per heavy atom. The zero-order valence-corrected chi connectivity index (χ0v) is 10.8. The Labute approximate surface area is 113 Å². The number of carbonyl (C=O) groups is 1. The van der Waals surface area contributed by atoms with Crippen molar-refractivity contribution in [1.82, 2.24) is 10.2 Å². The summed E-state index contributed by atoms with van der Waals surface area (Å²) in [6.07, 6.45) is 0. The van der Waals surface area contributed by atoms with Crippen molar-refractivity contribution in [3.05, 3.63) is 40.2 Å². The molecule has 104 valence electrons. The number of nitrogens with zero attached hydrogens (tertiary/aromatic N) is 1. The number of H-pyrrole nitrogens is 1. The number of nitrogens with one attached hydrogen (secondary N) is 1. The van der Waals surface area contributed by atoms with Gasteiger partial charge in [-0.3, -0.25) is 4.79 Å². The van der Waals surface area contributed by atoms with E-state index in [2.05, 4.69) is 10.2 Å². The summed E-state index contributed by atoms with van der Waals surface area (Å²) < 4.78 is 10.3. The van der Waals surface area contributed by atoms with Gasteiger partial charge in [-0.1, -0.05) is 0 Å². The van der Waals surface area contributed by atoms with Crippen LogP contribution in [-0.4, -0.2) is 35.5 Å². The topological polar surface area (TPSA) is 102 Å². The van der Waals surface area contributed by atoms with Crippen LogP contribution in [0.3, 0.4) is 0 Å². The summed E-state index contributed by atoms with van der Waals surface area (Å²) in [6, 6.07) is 6.21. The number of hydrogen-bond donors (Lipinski definition) is 2. The molecule has 0 saturated heterocycles. The van der Waals surface area contributed by atoms with Crippen LogP contribution in [0.15, 0.2) is 29.1 Å². The fourth-order valence-corrected chi connectivity index (χ4v) is 1.71. The predicted octanol–water partition coefficient (Wildman–Crippen LogP) is 1.15. The number of ether oxygens (including phenoxy) is 2. The van der Waals surface area contributed by atoms with Gasteiger partial charge in [-0.05, 0) is 24.3 Å². The van der Waals surface area contributed by atoms with Crippen molar-refractivity contribution in [2.45, 2.75) is 0 Å². The second-order valence-corrected chi connectivity index (χ2v) is 3.87. The lowest BCUT2D eigenvalue weighted by Crippen LogP contribution is -2.18. The summed E-state index contributed by atoms with van der Waals surface area (Å²) in [4.78, 5) is 22.3. The maximum absolute atomic E-state index is 11.3. The number of hydrogen-bond acceptors (Lipinski definition) is 5. The van der Waals surface area contributed by atoms with Gasteiger partial charge in [0.25, 0.3) is 5.56 Å². The molecule has 1 heterocycles. The lowest BCUT2D eigenvalue weighted by Gasteiger charge is -2.09. The van der Waals surface area contributed by atoms with Crippen molar-refractivity contribution in [3.8, 4) is 22.8 Å². The summed E-state index contributed by atoms with van der Waals surface area (Å²) >= 11 is 0. The highest BCUT2D eigenvalue weighted by Crippen LogP contribution is 2.31. The minimum absolute atomic E-state index is 0.322. The first-order chi connectivity index (χ1) is 9.56. The summed E-state index contributed by atoms with van der Waals surface area (Å²) in [7, 11) is 3.00. The Kier molecular flexibility index (Phi) is 3.69. The van der Waals surface area contributed by atoms with Gasteiger partial charge in [0.2, 0.25) is 0 Å². The van der Waals surface area contributed by atoms with Crippen molar-refractivity contribution >= 4 is 5.97 Å². The molecular formula is C13H12N2O5. The average molecular weight is 276 g/mol. The van der Waals surface area contributed by atoms with E-state index >= 15 is 0 Å². The molecule has 0 spiro atoms. The molecule has 1 aromatic carbocycles. The van der Waals surface area contributed by atoms with Crippen LogP contribution in [0.2, 0.25) is 0 Å². The second kappa shape index (κ2) is 5.43. The van der Waals surface area contributed by atoms with E-state index in [-0.39, 0.29) is 5.56 Å². The van der Waals surface area contributed by atoms with Crippen LogP contribution in [0.1, 0.15) is 10.4 Å². The smallest absolute Gasteiger partial charge is 0.341 e. The summed E-state index contributed by atoms with van der Waals surface area (Å²) in [5.74, 6) is -0.288. The van der Waals surface area contributed by atoms with Crippen LogP contribution in [-0.2, 0) is 0 Å². The molecule has 0 unspecified atom stereocenters. The van der Waals surface area contributed by atoms with Gasteiger partial charge in [-0.15, -0.1) is 0 Å². The van der Waals surface area contributed by atoms with E-state index in [4.69, 9.17) is 14.6 Å². The van der Waals surface area contributed by atoms with Crippen molar-refractivity contribution in [1.29, 1.82) is 0 Å². The van der Waals surface area contributed by atoms with E-state index in [1.165, 1.54) is 20.3 Å². The molecule has 0 radical (unpaired) electrons. The van der Waals surface area contributed by atoms with Gasteiger partial charge in [-0.2, -0.15) is 5.10 Å². The molecule has 2 aromatic rings. The molecule has 0 bridgehead atoms. The third-order valence-corrected chi connectivity index (χ3v) is 2.71. The minimum atomic E-state index is -1.31. The molecule has 2 N–H and O–H groups in total. The Hall–Kier alpha value is -2.83. The van der Waals surface area contributed by atoms with E-state index in [0.29, 0.717) is 22.8 Å². The van der Waals surface area contributed by atoms with Crippen molar-refractivity contribution in [2.75, 3.05) is 14.2 Å². The van der Waals surface area contributed by atoms with Gasteiger partial charge in [0.15, 0.2) is 11.5 Å². The molecule has 7 heteroatoms. The van der Waals surface area contributed by atoms with E-state index < -0.39 is 11.5 Å². The predicted molar refractivity (Wildman–Crippen MR) is 70.4 cm³/mol. The fraction of sp³-hybridized carbons (Fsp3) is 0.154. The maximum atomic E-state index is 11.3. The summed E-state index contributed by atoms with van der Waals surface area (Å²) in [5.41, 5.74) is -0.198. The molecule has 0 saturated carbocycles. The number of aromatic carboxylic acids is 1. The van der Waals surface area contributed by atoms with Crippen molar-refractivity contribution < 1.29 is 19.4 Å². The zero-order chi connectivity index (χ0) is 14.7. The van der Waals surface area contributed by atoms with Gasteiger partial charge in [0.05, 0.1) is 19.9 Å². The Bertz CT molecular complexity index is 708. The van der Waals surface area contributed by atoms with Crippen molar-refractivity contribution in [2.24, 2.45) is 0 Å². The van der Waals surface area contributed by atoms with Crippen LogP contribution in [0.5, 0.6) is 11.5 Å². The molecule has 7 nitrogen and oxygen atoms in total. The molecule has 20 heavy (non-hydrogen) atoms. The van der Waals surface area contributed by atoms with Crippen LogP contribution < -0.4 is 15.0 Å². The highest BCUT2D eigenvalue weighted by Gasteiger charge is 2.13. The van der Waals surface area contributed by atoms with Gasteiger partial charge in [-0.25, -0.2) is 9.89 Å². The van der Waals surface area contributed by atoms with E-state index in [0.717, 1.165) is 0 Å². The zero-order valence-electron chi connectivity index (χ0n) is 10.8. The number of benzene rings is 1. The SMILES string of the molecule is COc1ccc(-c2cc(C(=O)O)c(=O)[nH]n2)cc1OC. The highest BCUT2D eigenvalue weighted by atomic mass is 16.5. The Morgan fingerprint density at radius 2 is 1.90 bits per heavy atom. The van der Waals surface area contributed by atoms with Crippen LogP contribution in [0, 0.1) is 0 Å². The van der Waals surface area contributed by atoms with Crippen LogP contribution in [0.25, 0.3) is 11.3 Å². The Morgan fingerprint density at radius 3 is 2.50 bits per heavy atom. The third kappa shape index (κ3) is 2.46. The first kappa shape index (κ1) is 13.6. The minimum Gasteiger partial charge on any atom is -0.493 e. The van der Waals surface area contributed by atoms with E-state index in [1.807, 2.05) is 0 Å². The molecule has 2 rings (SSSR count). The summed E-state index contributed by atoms with van der Waals surface area (Å²) in [5, 5.41) is 14.9. The normalized spacial score (nSPS) is 10.1. The van der Waals surface area contributed by atoms with Gasteiger partial charge in [0.1, 0.15) is 5.56 Å². The molecule has 0 fully saturated rings. The molecular weight excluding hydrogens is 264 g/mol. The standard InChI is InChI=1S/C13H12N2O5/c1-19-10-4-3-7(5-11(10)20-2)9-6-8(13(17)18)12(16)15-14-9/h3-6H,1-2H3,(H,15,16)(H,17,18). The largest absolute Gasteiger partial charge is 0.493 e. The molecule has 0 aliphatic rings. The van der Waals surface area contributed by atoms with E-state index in [1.54, 1.807) is 18.2 Å². The quantitative estimate of drug-likeness (QED) is 0.868. The number of aromatic nitrogens is 2. The number of methoxy groups -OCH3 is 2. The van der Waals surface area contributed by atoms with Gasteiger partial charge < -0.3 is 14.6 Å². The van der Waals surface area contributed by atoms with Crippen molar-refractivity contribution in [3.63, 3.8) is 0 Å². The van der Waals surface area contributed by atoms with Crippen LogP contribution >= 0.6 is 0 Å². The van der Waals surface area contributed by atoms with Crippen LogP contribution in [0.4, 0.5) is 0 Å². The number of carboxylic acids is 1. The molecule has 0 aliphatic carbocycles. The van der Waals surface area contributed by atoms with Gasteiger partial charge in [0, 0.05) is 5.56 Å². The highest BCUT2D eigenvalue weighted by molar-refractivity contribution is 5.88. The lowest BCUT2D eigenvalue weighted by molar-refractivity contribution is 0.0694. The second-order valence-electron chi connectivity index (χ2n) is 3.87. The molecule has 0 atom stereocenters. The third-order valence-electron chi connectivity index (χ3n) is 2.71. The molecule has 1 aromatic heterocycles. The maximum Gasteiger partial charge on any atom is 0.341 e. The first-order valence-electron chi connectivity index (χ1n) is 5.62. The number of carboxylic acid groups (broad SMARTS) is 1. The first-order valence-corrected chi connectivity index (χ1v) is 5.62. The molecule has 0 aliphatic heterocycles. The number of rotatable bonds is 4. The Balaban J connectivity index is 2.54. The average Bonchev–Trinajstić information content (AvgIpc) is 2.46. The lowest BCUT2D eigenvalue weighted by atomic mass is 10.1. The monoisotopic (exact) mass is 276 g/mol. The van der Waals surface area contributed by atoms with E-state index in [9.17, 15) is 9.59 Å². The van der Waals surface area contributed by atoms with Gasteiger partial charge >= 0.3 is 5.97 Å². The summed E-state index contributed by atoms with van der Waals surface area (Å²) in [6.45, 7) is 0. The molecule has 0 amide bonds. The fourth-order valence-electron chi connectivity index (χ4n) is 1.71.